The minimum Gasteiger partial charge on any atom is -0.469 e. The molecule has 0 aromatic rings. The minimum atomic E-state index is -0.0125. The van der Waals surface area contributed by atoms with E-state index in [1.54, 1.807) is 0 Å². The van der Waals surface area contributed by atoms with E-state index in [1.807, 2.05) is 0 Å². The normalized spacial score (nSPS) is 39.6. The molecule has 3 atom stereocenters. The highest BCUT2D eigenvalue weighted by molar-refractivity contribution is 5.77. The first-order valence-electron chi connectivity index (χ1n) is 5.09. The Labute approximate surface area is 79.0 Å². The third-order valence-corrected chi connectivity index (χ3v) is 3.22. The number of carbonyl (C=O) groups is 1. The molecular formula is C11H16O2. The molecule has 0 radical (unpaired) electrons. The van der Waals surface area contributed by atoms with Crippen molar-refractivity contribution in [2.24, 2.45) is 17.8 Å². The van der Waals surface area contributed by atoms with E-state index in [4.69, 9.17) is 4.74 Å². The molecule has 0 aliphatic heterocycles. The highest BCUT2D eigenvalue weighted by atomic mass is 16.5. The van der Waals surface area contributed by atoms with Crippen LogP contribution in [0.4, 0.5) is 0 Å². The van der Waals surface area contributed by atoms with Crippen molar-refractivity contribution in [2.45, 2.75) is 25.7 Å². The highest BCUT2D eigenvalue weighted by Gasteiger charge is 2.53. The Bertz CT molecular complexity index is 232. The van der Waals surface area contributed by atoms with Crippen LogP contribution in [0.5, 0.6) is 0 Å². The van der Waals surface area contributed by atoms with Crippen molar-refractivity contribution >= 4 is 5.97 Å². The van der Waals surface area contributed by atoms with E-state index in [9.17, 15) is 4.79 Å². The summed E-state index contributed by atoms with van der Waals surface area (Å²) in [5.74, 6) is 1.25. The zero-order valence-electron chi connectivity index (χ0n) is 8.03. The number of rotatable bonds is 1. The second-order valence-corrected chi connectivity index (χ2v) is 4.00. The Morgan fingerprint density at radius 1 is 1.46 bits per heavy atom. The van der Waals surface area contributed by atoms with Gasteiger partial charge in [-0.1, -0.05) is 18.6 Å². The van der Waals surface area contributed by atoms with Crippen LogP contribution < -0.4 is 0 Å². The molecule has 0 spiro atoms. The minimum absolute atomic E-state index is 0.0125. The van der Waals surface area contributed by atoms with Crippen LogP contribution in [-0.4, -0.2) is 13.1 Å². The first-order chi connectivity index (χ1) is 6.34. The van der Waals surface area contributed by atoms with Gasteiger partial charge in [0, 0.05) is 0 Å². The van der Waals surface area contributed by atoms with Gasteiger partial charge in [-0.15, -0.1) is 0 Å². The second kappa shape index (κ2) is 3.52. The number of hydrogen-bond acceptors (Lipinski definition) is 2. The summed E-state index contributed by atoms with van der Waals surface area (Å²) in [5.41, 5.74) is 0. The Kier molecular flexibility index (Phi) is 2.38. The van der Waals surface area contributed by atoms with Gasteiger partial charge in [-0.3, -0.25) is 4.79 Å². The topological polar surface area (TPSA) is 26.3 Å². The molecule has 72 valence electrons. The summed E-state index contributed by atoms with van der Waals surface area (Å²) in [7, 11) is 1.48. The summed E-state index contributed by atoms with van der Waals surface area (Å²) in [6.45, 7) is 0. The van der Waals surface area contributed by atoms with Crippen molar-refractivity contribution in [2.75, 3.05) is 7.11 Å². The maximum atomic E-state index is 11.3. The fourth-order valence-corrected chi connectivity index (χ4v) is 2.40. The van der Waals surface area contributed by atoms with Crippen molar-refractivity contribution in [1.29, 1.82) is 0 Å². The van der Waals surface area contributed by atoms with Crippen molar-refractivity contribution < 1.29 is 9.53 Å². The monoisotopic (exact) mass is 180 g/mol. The lowest BCUT2D eigenvalue weighted by Gasteiger charge is -1.99. The molecule has 0 amide bonds. The van der Waals surface area contributed by atoms with Crippen molar-refractivity contribution in [3.8, 4) is 0 Å². The molecule has 1 saturated carbocycles. The lowest BCUT2D eigenvalue weighted by atomic mass is 10.1. The van der Waals surface area contributed by atoms with Gasteiger partial charge in [0.05, 0.1) is 13.0 Å². The van der Waals surface area contributed by atoms with Crippen LogP contribution in [0.3, 0.4) is 0 Å². The Hall–Kier alpha value is -0.790. The standard InChI is InChI=1S/C11H16O2/c1-13-11(12)10-8-6-4-2-3-5-7-9(8)10/h4,6,8-10H,2-3,5,7H2,1H3/b6-4-. The number of fused-ring (bicyclic) bond motifs is 1. The molecule has 3 unspecified atom stereocenters. The SMILES string of the molecule is COC(=O)C1C2/C=C\CCCCC21. The van der Waals surface area contributed by atoms with Crippen LogP contribution >= 0.6 is 0 Å². The van der Waals surface area contributed by atoms with Crippen LogP contribution in [0.1, 0.15) is 25.7 Å². The van der Waals surface area contributed by atoms with Gasteiger partial charge in [-0.2, -0.15) is 0 Å². The molecule has 0 N–H and O–H groups in total. The van der Waals surface area contributed by atoms with Crippen molar-refractivity contribution in [1.82, 2.24) is 0 Å². The average Bonchev–Trinajstić information content (AvgIpc) is 2.75. The zero-order chi connectivity index (χ0) is 9.26. The lowest BCUT2D eigenvalue weighted by molar-refractivity contribution is -0.142. The smallest absolute Gasteiger partial charge is 0.309 e. The fourth-order valence-electron chi connectivity index (χ4n) is 2.40. The van der Waals surface area contributed by atoms with Crippen LogP contribution in [-0.2, 0) is 9.53 Å². The van der Waals surface area contributed by atoms with Gasteiger partial charge >= 0.3 is 5.97 Å². The summed E-state index contributed by atoms with van der Waals surface area (Å²) in [4.78, 5) is 11.3. The van der Waals surface area contributed by atoms with Crippen LogP contribution in [0.15, 0.2) is 12.2 Å². The zero-order valence-corrected chi connectivity index (χ0v) is 8.03. The molecule has 13 heavy (non-hydrogen) atoms. The number of esters is 1. The fraction of sp³-hybridized carbons (Fsp3) is 0.727. The first-order valence-corrected chi connectivity index (χ1v) is 5.09. The van der Waals surface area contributed by atoms with Crippen molar-refractivity contribution in [3.05, 3.63) is 12.2 Å². The summed E-state index contributed by atoms with van der Waals surface area (Å²) < 4.78 is 4.77. The number of ether oxygens (including phenoxy) is 1. The quantitative estimate of drug-likeness (QED) is 0.456. The van der Waals surface area contributed by atoms with Crippen LogP contribution in [0, 0.1) is 17.8 Å². The van der Waals surface area contributed by atoms with E-state index in [0.29, 0.717) is 11.8 Å². The van der Waals surface area contributed by atoms with E-state index in [-0.39, 0.29) is 11.9 Å². The largest absolute Gasteiger partial charge is 0.469 e. The molecule has 1 fully saturated rings. The number of allylic oxidation sites excluding steroid dienone is 2. The molecule has 2 aliphatic carbocycles. The van der Waals surface area contributed by atoms with E-state index in [2.05, 4.69) is 12.2 Å². The Morgan fingerprint density at radius 3 is 3.08 bits per heavy atom. The van der Waals surface area contributed by atoms with E-state index in [0.717, 1.165) is 0 Å². The van der Waals surface area contributed by atoms with Gasteiger partial charge in [-0.05, 0) is 31.1 Å². The molecule has 0 aromatic heterocycles. The summed E-state index contributed by atoms with van der Waals surface area (Å²) in [6, 6.07) is 0. The molecule has 2 rings (SSSR count). The van der Waals surface area contributed by atoms with Crippen molar-refractivity contribution in [3.63, 3.8) is 0 Å². The van der Waals surface area contributed by atoms with Gasteiger partial charge in [0.2, 0.25) is 0 Å². The molecule has 0 aromatic carbocycles. The predicted molar refractivity (Wildman–Crippen MR) is 50.1 cm³/mol. The Morgan fingerprint density at radius 2 is 2.31 bits per heavy atom. The second-order valence-electron chi connectivity index (χ2n) is 4.00. The number of methoxy groups -OCH3 is 1. The molecular weight excluding hydrogens is 164 g/mol. The average molecular weight is 180 g/mol. The van der Waals surface area contributed by atoms with Gasteiger partial charge in [0.25, 0.3) is 0 Å². The summed E-state index contributed by atoms with van der Waals surface area (Å²) in [5, 5.41) is 0. The maximum Gasteiger partial charge on any atom is 0.309 e. The number of carbonyl (C=O) groups excluding carboxylic acids is 1. The van der Waals surface area contributed by atoms with Gasteiger partial charge in [0.1, 0.15) is 0 Å². The molecule has 2 aliphatic rings. The van der Waals surface area contributed by atoms with E-state index in [1.165, 1.54) is 32.8 Å². The van der Waals surface area contributed by atoms with Crippen LogP contribution in [0.2, 0.25) is 0 Å². The molecule has 0 bridgehead atoms. The van der Waals surface area contributed by atoms with Gasteiger partial charge in [-0.25, -0.2) is 0 Å². The third-order valence-electron chi connectivity index (χ3n) is 3.22. The highest BCUT2D eigenvalue weighted by Crippen LogP contribution is 2.51. The summed E-state index contributed by atoms with van der Waals surface area (Å²) >= 11 is 0. The van der Waals surface area contributed by atoms with Gasteiger partial charge in [0.15, 0.2) is 0 Å². The number of hydrogen-bond donors (Lipinski definition) is 0. The third kappa shape index (κ3) is 1.62. The van der Waals surface area contributed by atoms with E-state index < -0.39 is 0 Å². The molecule has 2 nitrogen and oxygen atoms in total. The van der Waals surface area contributed by atoms with E-state index >= 15 is 0 Å². The maximum absolute atomic E-state index is 11.3. The molecule has 0 saturated heterocycles. The van der Waals surface area contributed by atoms with Gasteiger partial charge < -0.3 is 4.74 Å². The molecule has 0 heterocycles. The predicted octanol–water partition coefficient (Wildman–Crippen LogP) is 2.15. The molecule has 2 heteroatoms. The first kappa shape index (κ1) is 8.79. The van der Waals surface area contributed by atoms with Crippen LogP contribution in [0.25, 0.3) is 0 Å². The Balaban J connectivity index is 2.00. The lowest BCUT2D eigenvalue weighted by Crippen LogP contribution is -2.05. The summed E-state index contributed by atoms with van der Waals surface area (Å²) in [6.07, 6.45) is 9.35.